The number of aromatic nitrogens is 5. The van der Waals surface area contributed by atoms with Crippen molar-refractivity contribution < 1.29 is 14.6 Å². The quantitative estimate of drug-likeness (QED) is 0.179. The number of fused-ring (bicyclic) bond motifs is 2. The first-order valence-electron chi connectivity index (χ1n) is 11.1. The third kappa shape index (κ3) is 4.60. The van der Waals surface area contributed by atoms with Crippen LogP contribution >= 0.6 is 40.1 Å². The molecule has 0 saturated heterocycles. The molecule has 11 heteroatoms. The lowest BCUT2D eigenvalue weighted by Gasteiger charge is -2.12. The predicted molar refractivity (Wildman–Crippen MR) is 147 cm³/mol. The lowest BCUT2D eigenvalue weighted by molar-refractivity contribution is 0.0527. The predicted octanol–water partition coefficient (Wildman–Crippen LogP) is 5.97. The Bertz CT molecular complexity index is 1540. The van der Waals surface area contributed by atoms with E-state index in [0.29, 0.717) is 33.3 Å². The summed E-state index contributed by atoms with van der Waals surface area (Å²) in [5.41, 5.74) is 4.57. The van der Waals surface area contributed by atoms with Crippen molar-refractivity contribution in [2.45, 2.75) is 31.3 Å². The number of nitrogens with one attached hydrogen (secondary N) is 1. The minimum atomic E-state index is -0.413. The van der Waals surface area contributed by atoms with Gasteiger partial charge in [-0.25, -0.2) is 14.8 Å². The fourth-order valence-electron chi connectivity index (χ4n) is 4.30. The smallest absolute Gasteiger partial charge is 0.340 e. The summed E-state index contributed by atoms with van der Waals surface area (Å²) in [4.78, 5) is 25.6. The van der Waals surface area contributed by atoms with E-state index < -0.39 is 5.97 Å². The normalized spacial score (nSPS) is 11.2. The molecule has 0 aliphatic rings. The van der Waals surface area contributed by atoms with E-state index in [-0.39, 0.29) is 24.8 Å². The van der Waals surface area contributed by atoms with Crippen molar-refractivity contribution in [2.24, 2.45) is 7.05 Å². The van der Waals surface area contributed by atoms with Crippen molar-refractivity contribution in [3.05, 3.63) is 69.8 Å². The highest BCUT2D eigenvalue weighted by Gasteiger charge is 2.27. The van der Waals surface area contributed by atoms with E-state index in [4.69, 9.17) is 4.74 Å². The molecule has 0 spiro atoms. The zero-order chi connectivity index (χ0) is 24.7. The van der Waals surface area contributed by atoms with Gasteiger partial charge < -0.3 is 24.0 Å². The summed E-state index contributed by atoms with van der Waals surface area (Å²) >= 11 is 5.01. The van der Waals surface area contributed by atoms with Gasteiger partial charge in [0.2, 0.25) is 0 Å². The number of aryl methyl sites for hydroxylation is 2. The maximum atomic E-state index is 13.3. The number of phenolic OH excluding ortho intramolecular Hbond substituents is 1. The van der Waals surface area contributed by atoms with Gasteiger partial charge in [-0.2, -0.15) is 0 Å². The van der Waals surface area contributed by atoms with Gasteiger partial charge in [-0.3, -0.25) is 0 Å². The summed E-state index contributed by atoms with van der Waals surface area (Å²) < 4.78 is 9.97. The highest BCUT2D eigenvalue weighted by Crippen LogP contribution is 2.41. The standard InChI is InChI=1S/C25H24BrN5O3S.ClH/c1-4-34-24(33)22-20(13-35-25-28-17-7-5-6-8-18(17)29-25)30(3)19-11-16(26)23(32)15(21(19)22)12-31-10-9-27-14(31)2;/h5-11,32H,4,12-13H2,1-3H3,(H,28,29);1H. The topological polar surface area (TPSA) is 98.0 Å². The molecule has 3 heterocycles. The van der Waals surface area contributed by atoms with E-state index in [1.165, 1.54) is 11.8 Å². The average Bonchev–Trinajstić information content (AvgIpc) is 3.51. The van der Waals surface area contributed by atoms with E-state index in [2.05, 4.69) is 30.9 Å². The minimum absolute atomic E-state index is 0. The summed E-state index contributed by atoms with van der Waals surface area (Å²) in [5.74, 6) is 0.981. The molecule has 36 heavy (non-hydrogen) atoms. The molecule has 0 bridgehead atoms. The fourth-order valence-corrected chi connectivity index (χ4v) is 5.71. The van der Waals surface area contributed by atoms with Gasteiger partial charge in [-0.05, 0) is 48.0 Å². The highest BCUT2D eigenvalue weighted by molar-refractivity contribution is 9.10. The summed E-state index contributed by atoms with van der Waals surface area (Å²) in [6, 6.07) is 9.70. The SMILES string of the molecule is CCOC(=O)c1c(CSc2nc3ccccc3[nH]2)n(C)c2cc(Br)c(O)c(Cn3ccnc3C)c12.Cl. The Balaban J connectivity index is 0.00000304. The van der Waals surface area contributed by atoms with E-state index in [1.807, 2.05) is 59.6 Å². The summed E-state index contributed by atoms with van der Waals surface area (Å²) in [6.07, 6.45) is 3.57. The van der Waals surface area contributed by atoms with Crippen LogP contribution in [0.25, 0.3) is 21.9 Å². The number of aromatic amines is 1. The molecule has 3 aromatic heterocycles. The number of benzene rings is 2. The molecule has 0 saturated carbocycles. The molecule has 8 nitrogen and oxygen atoms in total. The van der Waals surface area contributed by atoms with Crippen molar-refractivity contribution in [3.8, 4) is 5.75 Å². The van der Waals surface area contributed by atoms with Crippen LogP contribution in [0.3, 0.4) is 0 Å². The van der Waals surface area contributed by atoms with E-state index in [0.717, 1.165) is 33.2 Å². The van der Waals surface area contributed by atoms with Crippen LogP contribution in [-0.2, 0) is 24.1 Å². The zero-order valence-corrected chi connectivity index (χ0v) is 23.1. The van der Waals surface area contributed by atoms with Crippen molar-refractivity contribution in [3.63, 3.8) is 0 Å². The van der Waals surface area contributed by atoms with Gasteiger partial charge in [0.05, 0.1) is 39.7 Å². The number of aromatic hydroxyl groups is 1. The van der Waals surface area contributed by atoms with Crippen molar-refractivity contribution in [1.82, 2.24) is 24.1 Å². The molecule has 0 atom stereocenters. The number of halogens is 2. The fraction of sp³-hybridized carbons (Fsp3) is 0.240. The van der Waals surface area contributed by atoms with Crippen LogP contribution in [0, 0.1) is 6.92 Å². The first kappa shape index (κ1) is 26.1. The molecule has 188 valence electrons. The van der Waals surface area contributed by atoms with E-state index in [1.54, 1.807) is 13.1 Å². The van der Waals surface area contributed by atoms with Gasteiger partial charge in [0.15, 0.2) is 5.16 Å². The molecular formula is C25H25BrClN5O3S. The lowest BCUT2D eigenvalue weighted by Crippen LogP contribution is -2.09. The average molecular weight is 591 g/mol. The Hall–Kier alpha value is -2.95. The molecule has 0 aliphatic carbocycles. The Morgan fingerprint density at radius 3 is 2.78 bits per heavy atom. The number of ether oxygens (including phenoxy) is 1. The molecule has 0 unspecified atom stereocenters. The number of H-pyrrole nitrogens is 1. The number of carbonyl (C=O) groups excluding carboxylic acids is 1. The van der Waals surface area contributed by atoms with Crippen LogP contribution in [0.4, 0.5) is 0 Å². The first-order chi connectivity index (χ1) is 16.9. The Kier molecular flexibility index (Phi) is 7.67. The number of para-hydroxylation sites is 2. The Morgan fingerprint density at radius 1 is 1.31 bits per heavy atom. The number of rotatable bonds is 7. The number of phenols is 1. The third-order valence-corrected chi connectivity index (χ3v) is 7.57. The first-order valence-corrected chi connectivity index (χ1v) is 12.9. The summed E-state index contributed by atoms with van der Waals surface area (Å²) in [5, 5.41) is 12.5. The van der Waals surface area contributed by atoms with Gasteiger partial charge in [-0.1, -0.05) is 23.9 Å². The second-order valence-electron chi connectivity index (χ2n) is 8.13. The molecule has 0 aliphatic heterocycles. The summed E-state index contributed by atoms with van der Waals surface area (Å²) in [6.45, 7) is 4.30. The van der Waals surface area contributed by atoms with Crippen LogP contribution < -0.4 is 0 Å². The number of esters is 1. The van der Waals surface area contributed by atoms with Gasteiger partial charge >= 0.3 is 5.97 Å². The molecular weight excluding hydrogens is 566 g/mol. The molecule has 2 aromatic carbocycles. The second-order valence-corrected chi connectivity index (χ2v) is 9.95. The monoisotopic (exact) mass is 589 g/mol. The van der Waals surface area contributed by atoms with Gasteiger partial charge in [0, 0.05) is 41.8 Å². The molecule has 5 aromatic rings. The second kappa shape index (κ2) is 10.6. The number of hydrogen-bond acceptors (Lipinski definition) is 6. The molecule has 2 N–H and O–H groups in total. The van der Waals surface area contributed by atoms with Crippen LogP contribution in [0.2, 0.25) is 0 Å². The Morgan fingerprint density at radius 2 is 2.08 bits per heavy atom. The Labute approximate surface area is 226 Å². The number of hydrogen-bond donors (Lipinski definition) is 2. The maximum absolute atomic E-state index is 13.3. The third-order valence-electron chi connectivity index (χ3n) is 6.08. The van der Waals surface area contributed by atoms with Crippen molar-refractivity contribution in [1.29, 1.82) is 0 Å². The van der Waals surface area contributed by atoms with Crippen molar-refractivity contribution >= 4 is 68.0 Å². The molecule has 0 radical (unpaired) electrons. The number of carbonyl (C=O) groups is 1. The van der Waals surface area contributed by atoms with Crippen molar-refractivity contribution in [2.75, 3.05) is 6.61 Å². The van der Waals surface area contributed by atoms with Crippen LogP contribution in [0.15, 0.2) is 52.4 Å². The van der Waals surface area contributed by atoms with Crippen LogP contribution in [0.5, 0.6) is 5.75 Å². The largest absolute Gasteiger partial charge is 0.506 e. The van der Waals surface area contributed by atoms with Crippen LogP contribution in [-0.4, -0.2) is 41.8 Å². The molecule has 0 amide bonds. The van der Waals surface area contributed by atoms with Gasteiger partial charge in [0.25, 0.3) is 0 Å². The molecule has 0 fully saturated rings. The number of nitrogens with zero attached hydrogens (tertiary/aromatic N) is 4. The molecule has 5 rings (SSSR count). The van der Waals surface area contributed by atoms with Crippen LogP contribution in [0.1, 0.15) is 34.4 Å². The lowest BCUT2D eigenvalue weighted by atomic mass is 10.0. The summed E-state index contributed by atoms with van der Waals surface area (Å²) in [7, 11) is 1.93. The zero-order valence-electron chi connectivity index (χ0n) is 19.9. The maximum Gasteiger partial charge on any atom is 0.340 e. The van der Waals surface area contributed by atoms with Gasteiger partial charge in [0.1, 0.15) is 11.6 Å². The number of imidazole rings is 2. The van der Waals surface area contributed by atoms with E-state index in [9.17, 15) is 9.90 Å². The highest BCUT2D eigenvalue weighted by atomic mass is 79.9. The van der Waals surface area contributed by atoms with Gasteiger partial charge in [-0.15, -0.1) is 12.4 Å². The number of thioether (sulfide) groups is 1. The minimum Gasteiger partial charge on any atom is -0.506 e. The van der Waals surface area contributed by atoms with E-state index >= 15 is 0 Å².